The molecule has 19 heavy (non-hydrogen) atoms. The predicted molar refractivity (Wildman–Crippen MR) is 68.0 cm³/mol. The van der Waals surface area contributed by atoms with E-state index in [9.17, 15) is 13.2 Å². The van der Waals surface area contributed by atoms with E-state index in [4.69, 9.17) is 23.1 Å². The molecule has 1 atom stereocenters. The Morgan fingerprint density at radius 1 is 1.26 bits per heavy atom. The topological polar surface area (TPSA) is 61.3 Å². The second-order valence-corrected chi connectivity index (χ2v) is 4.54. The number of ether oxygens (including phenoxy) is 1. The van der Waals surface area contributed by atoms with Crippen LogP contribution in [0.4, 0.5) is 13.2 Å². The fourth-order valence-corrected chi connectivity index (χ4v) is 1.86. The molecule has 0 unspecified atom stereocenters. The Kier molecular flexibility index (Phi) is 5.90. The summed E-state index contributed by atoms with van der Waals surface area (Å²) in [6.45, 7) is 0.589. The van der Waals surface area contributed by atoms with Gasteiger partial charge in [-0.3, -0.25) is 0 Å². The van der Waals surface area contributed by atoms with Gasteiger partial charge in [-0.25, -0.2) is 0 Å². The van der Waals surface area contributed by atoms with Crippen molar-refractivity contribution >= 4 is 11.6 Å². The Balaban J connectivity index is 2.70. The Morgan fingerprint density at radius 2 is 1.95 bits per heavy atom. The van der Waals surface area contributed by atoms with Crippen LogP contribution in [0.25, 0.3) is 0 Å². The van der Waals surface area contributed by atoms with E-state index in [2.05, 4.69) is 4.74 Å². The summed E-state index contributed by atoms with van der Waals surface area (Å²) in [5, 5.41) is -0.107. The van der Waals surface area contributed by atoms with Gasteiger partial charge in [0, 0.05) is 6.04 Å². The van der Waals surface area contributed by atoms with Gasteiger partial charge >= 0.3 is 6.36 Å². The maximum absolute atomic E-state index is 12.1. The zero-order chi connectivity index (χ0) is 14.5. The van der Waals surface area contributed by atoms with E-state index in [0.29, 0.717) is 18.5 Å². The number of rotatable bonds is 6. The summed E-state index contributed by atoms with van der Waals surface area (Å²) < 4.78 is 40.0. The van der Waals surface area contributed by atoms with Gasteiger partial charge < -0.3 is 16.2 Å². The third-order valence-corrected chi connectivity index (χ3v) is 2.87. The molecule has 0 fully saturated rings. The summed E-state index contributed by atoms with van der Waals surface area (Å²) >= 11 is 5.74. The van der Waals surface area contributed by atoms with Crippen molar-refractivity contribution in [2.24, 2.45) is 11.5 Å². The van der Waals surface area contributed by atoms with Crippen molar-refractivity contribution in [3.8, 4) is 5.75 Å². The molecule has 0 bridgehead atoms. The van der Waals surface area contributed by atoms with Crippen molar-refractivity contribution in [2.75, 3.05) is 6.54 Å². The van der Waals surface area contributed by atoms with Crippen LogP contribution in [0, 0.1) is 0 Å². The fraction of sp³-hybridized carbons (Fsp3) is 0.500. The van der Waals surface area contributed by atoms with Crippen molar-refractivity contribution in [1.82, 2.24) is 0 Å². The minimum atomic E-state index is -4.76. The third-order valence-electron chi connectivity index (χ3n) is 2.58. The smallest absolute Gasteiger partial charge is 0.404 e. The van der Waals surface area contributed by atoms with Crippen LogP contribution in [0.2, 0.25) is 5.02 Å². The molecule has 0 saturated carbocycles. The SMILES string of the molecule is NCCCC[C@@H](N)c1ccc(OC(F)(F)F)c(Cl)c1. The van der Waals surface area contributed by atoms with Crippen LogP contribution in [0.3, 0.4) is 0 Å². The first-order valence-corrected chi connectivity index (χ1v) is 6.22. The highest BCUT2D eigenvalue weighted by Gasteiger charge is 2.32. The van der Waals surface area contributed by atoms with Crippen LogP contribution in [-0.4, -0.2) is 12.9 Å². The van der Waals surface area contributed by atoms with Crippen LogP contribution in [-0.2, 0) is 0 Å². The average Bonchev–Trinajstić information content (AvgIpc) is 2.30. The molecule has 0 aliphatic heterocycles. The molecular formula is C12H16ClF3N2O. The molecule has 7 heteroatoms. The minimum Gasteiger partial charge on any atom is -0.404 e. The molecule has 0 saturated heterocycles. The molecule has 3 nitrogen and oxygen atoms in total. The molecule has 1 aromatic carbocycles. The quantitative estimate of drug-likeness (QED) is 0.791. The van der Waals surface area contributed by atoms with Crippen LogP contribution in [0.15, 0.2) is 18.2 Å². The fourth-order valence-electron chi connectivity index (χ4n) is 1.63. The normalized spacial score (nSPS) is 13.4. The highest BCUT2D eigenvalue weighted by Crippen LogP contribution is 2.32. The van der Waals surface area contributed by atoms with Gasteiger partial charge in [0.2, 0.25) is 0 Å². The van der Waals surface area contributed by atoms with E-state index >= 15 is 0 Å². The Labute approximate surface area is 114 Å². The van der Waals surface area contributed by atoms with Gasteiger partial charge in [0.15, 0.2) is 0 Å². The summed E-state index contributed by atoms with van der Waals surface area (Å²) in [4.78, 5) is 0. The predicted octanol–water partition coefficient (Wildman–Crippen LogP) is 3.37. The molecule has 1 rings (SSSR count). The van der Waals surface area contributed by atoms with E-state index in [1.165, 1.54) is 18.2 Å². The molecule has 108 valence electrons. The molecule has 0 radical (unpaired) electrons. The molecule has 0 spiro atoms. The lowest BCUT2D eigenvalue weighted by Crippen LogP contribution is -2.17. The molecule has 0 heterocycles. The number of nitrogens with two attached hydrogens (primary N) is 2. The number of unbranched alkanes of at least 4 members (excludes halogenated alkanes) is 1. The van der Waals surface area contributed by atoms with Gasteiger partial charge in [-0.1, -0.05) is 24.1 Å². The highest BCUT2D eigenvalue weighted by atomic mass is 35.5. The summed E-state index contributed by atoms with van der Waals surface area (Å²) in [5.74, 6) is -0.424. The van der Waals surface area contributed by atoms with E-state index < -0.39 is 12.1 Å². The summed E-state index contributed by atoms with van der Waals surface area (Å²) in [5.41, 5.74) is 12.0. The molecule has 0 aliphatic rings. The van der Waals surface area contributed by atoms with Gasteiger partial charge in [0.1, 0.15) is 5.75 Å². The van der Waals surface area contributed by atoms with Crippen LogP contribution >= 0.6 is 11.6 Å². The monoisotopic (exact) mass is 296 g/mol. The lowest BCUT2D eigenvalue weighted by atomic mass is 10.0. The van der Waals surface area contributed by atoms with Gasteiger partial charge in [-0.2, -0.15) is 0 Å². The first-order chi connectivity index (χ1) is 8.83. The van der Waals surface area contributed by atoms with Crippen molar-refractivity contribution in [3.63, 3.8) is 0 Å². The van der Waals surface area contributed by atoms with Crippen molar-refractivity contribution in [1.29, 1.82) is 0 Å². The number of hydrogen-bond donors (Lipinski definition) is 2. The van der Waals surface area contributed by atoms with E-state index in [-0.39, 0.29) is 11.1 Å². The summed E-state index contributed by atoms with van der Waals surface area (Å²) in [7, 11) is 0. The summed E-state index contributed by atoms with van der Waals surface area (Å²) in [6.07, 6.45) is -2.34. The lowest BCUT2D eigenvalue weighted by Gasteiger charge is -2.15. The molecule has 0 aromatic heterocycles. The van der Waals surface area contributed by atoms with Gasteiger partial charge in [-0.15, -0.1) is 13.2 Å². The van der Waals surface area contributed by atoms with Crippen molar-refractivity contribution < 1.29 is 17.9 Å². The van der Waals surface area contributed by atoms with E-state index in [1.807, 2.05) is 0 Å². The Morgan fingerprint density at radius 3 is 2.47 bits per heavy atom. The second kappa shape index (κ2) is 6.98. The first-order valence-electron chi connectivity index (χ1n) is 5.84. The maximum atomic E-state index is 12.1. The number of halogens is 4. The highest BCUT2D eigenvalue weighted by molar-refractivity contribution is 6.32. The summed E-state index contributed by atoms with van der Waals surface area (Å²) in [6, 6.07) is 3.79. The lowest BCUT2D eigenvalue weighted by molar-refractivity contribution is -0.274. The van der Waals surface area contributed by atoms with Crippen molar-refractivity contribution in [2.45, 2.75) is 31.7 Å². The van der Waals surface area contributed by atoms with Gasteiger partial charge in [-0.05, 0) is 37.1 Å². The number of benzene rings is 1. The average molecular weight is 297 g/mol. The van der Waals surface area contributed by atoms with E-state index in [1.54, 1.807) is 0 Å². The third kappa shape index (κ3) is 5.67. The minimum absolute atomic E-state index is 0.107. The standard InChI is InChI=1S/C12H16ClF3N2O/c13-9-7-8(10(18)3-1-2-6-17)4-5-11(9)19-12(14,15)16/h4-5,7,10H,1-3,6,17-18H2/t10-/m1/s1. The van der Waals surface area contributed by atoms with Crippen molar-refractivity contribution in [3.05, 3.63) is 28.8 Å². The molecule has 4 N–H and O–H groups in total. The van der Waals surface area contributed by atoms with Crippen LogP contribution in [0.5, 0.6) is 5.75 Å². The van der Waals surface area contributed by atoms with Crippen LogP contribution < -0.4 is 16.2 Å². The zero-order valence-corrected chi connectivity index (χ0v) is 11.0. The van der Waals surface area contributed by atoms with Gasteiger partial charge in [0.25, 0.3) is 0 Å². The largest absolute Gasteiger partial charge is 0.573 e. The van der Waals surface area contributed by atoms with Gasteiger partial charge in [0.05, 0.1) is 5.02 Å². The molecular weight excluding hydrogens is 281 g/mol. The number of hydrogen-bond acceptors (Lipinski definition) is 3. The molecule has 0 amide bonds. The van der Waals surface area contributed by atoms with E-state index in [0.717, 1.165) is 12.8 Å². The molecule has 1 aromatic rings. The maximum Gasteiger partial charge on any atom is 0.573 e. The zero-order valence-electron chi connectivity index (χ0n) is 10.2. The number of alkyl halides is 3. The second-order valence-electron chi connectivity index (χ2n) is 4.13. The molecule has 0 aliphatic carbocycles. The van der Waals surface area contributed by atoms with Crippen LogP contribution in [0.1, 0.15) is 30.9 Å². The Bertz CT molecular complexity index is 412. The first kappa shape index (κ1) is 16.1. The Hall–Kier alpha value is -0.980.